The molecule has 3 fully saturated rings. The van der Waals surface area contributed by atoms with Gasteiger partial charge < -0.3 is 88.1 Å². The first kappa shape index (κ1) is 46.6. The molecule has 2 heterocycles. The number of ether oxygens (including phenoxy) is 4. The summed E-state index contributed by atoms with van der Waals surface area (Å²) in [6, 6.07) is -3.45. The topological polar surface area (TPSA) is 481 Å². The molecule has 26 nitrogen and oxygen atoms in total. The Morgan fingerprint density at radius 3 is 1.72 bits per heavy atom. The van der Waals surface area contributed by atoms with E-state index < -0.39 is 131 Å². The van der Waals surface area contributed by atoms with Crippen molar-refractivity contribution in [2.24, 2.45) is 22.9 Å². The zero-order valence-corrected chi connectivity index (χ0v) is 27.6. The van der Waals surface area contributed by atoms with E-state index in [0.717, 1.165) is 0 Å². The third kappa shape index (κ3) is 14.5. The van der Waals surface area contributed by atoms with Crippen LogP contribution in [0.5, 0.6) is 0 Å². The third-order valence-corrected chi connectivity index (χ3v) is 7.51. The summed E-state index contributed by atoms with van der Waals surface area (Å²) < 4.78 is 85.7. The minimum atomic E-state index is -4.67. The summed E-state index contributed by atoms with van der Waals surface area (Å²) in [7, 11) is -9.33. The molecular weight excluding hydrogens is 734 g/mol. The number of aliphatic hydroxyl groups excluding tert-OH is 8. The molecule has 7 unspecified atom stereocenters. The van der Waals surface area contributed by atoms with Gasteiger partial charge in [-0.2, -0.15) is 16.8 Å². The van der Waals surface area contributed by atoms with Gasteiger partial charge in [0.15, 0.2) is 12.6 Å². The van der Waals surface area contributed by atoms with E-state index in [1.54, 1.807) is 0 Å². The van der Waals surface area contributed by atoms with Crippen molar-refractivity contribution in [3.8, 4) is 0 Å². The number of carbonyl (C=O) groups excluding carboxylic acids is 1. The van der Waals surface area contributed by atoms with Gasteiger partial charge in [0, 0.05) is 12.6 Å². The van der Waals surface area contributed by atoms with Crippen molar-refractivity contribution in [1.29, 1.82) is 0 Å². The zero-order valence-electron chi connectivity index (χ0n) is 25.9. The smallest absolute Gasteiger partial charge is 0.394 e. The van der Waals surface area contributed by atoms with Crippen LogP contribution in [0.3, 0.4) is 0 Å². The maximum Gasteiger partial charge on any atom is 0.394 e. The lowest BCUT2D eigenvalue weighted by atomic mass is 9.83. The highest BCUT2D eigenvalue weighted by molar-refractivity contribution is 7.80. The fourth-order valence-electron chi connectivity index (χ4n) is 5.07. The highest BCUT2D eigenvalue weighted by Gasteiger charge is 2.52. The summed E-state index contributed by atoms with van der Waals surface area (Å²) in [6.45, 7) is -0.898. The van der Waals surface area contributed by atoms with Crippen molar-refractivity contribution in [2.75, 3.05) is 19.7 Å². The Hall–Kier alpha value is -1.43. The van der Waals surface area contributed by atoms with E-state index in [-0.39, 0.29) is 25.9 Å². The Kier molecular flexibility index (Phi) is 18.8. The standard InChI is InChI=1S/C22H43N5O13.2H2O4S/c23-2-1-8(29)20(36)27-7-3-6(25)18(39-22-16(34)15(33)13(31)9(4-24)37-22)17(35)19(7)40-21-14(32)11(26)12(30)10(5-28)38-21;2*1-5(2,3)4/h6-19,21-22,28-35H,1-5,23-26H2,(H,27,36);2*(H2,1,2,3,4)/t6-,7?,8+,9?,10?,11?,12-,13-,14+,15?,16+,17+,18?,19?,21-,22-;;/m1../s1. The van der Waals surface area contributed by atoms with Crippen molar-refractivity contribution in [1.82, 2.24) is 5.32 Å². The fraction of sp³-hybridized carbons (Fsp3) is 0.955. The van der Waals surface area contributed by atoms with Crippen LogP contribution in [0.4, 0.5) is 0 Å². The van der Waals surface area contributed by atoms with E-state index in [1.165, 1.54) is 0 Å². The Morgan fingerprint density at radius 1 is 0.760 bits per heavy atom. The Morgan fingerprint density at radius 2 is 1.24 bits per heavy atom. The SMILES string of the molecule is NCC[C@H](O)C(=O)NC1C[C@@H](N)C(O[C@H]2OC(CN)[C@@H](O)C(O)[C@@H]2O)[C@H](O)C1O[C@H]1OC(CO)[C@@H](O)C(N)[C@@H]1O.O=S(=O)(O)O.O=S(=O)(O)O. The molecular formula is C22H47N5O21S2. The monoisotopic (exact) mass is 781 g/mol. The average Bonchev–Trinajstić information content (AvgIpc) is 2.99. The lowest BCUT2D eigenvalue weighted by molar-refractivity contribution is -0.332. The van der Waals surface area contributed by atoms with Crippen molar-refractivity contribution < 1.29 is 99.6 Å². The van der Waals surface area contributed by atoms with Crippen LogP contribution in [0, 0.1) is 0 Å². The van der Waals surface area contributed by atoms with Gasteiger partial charge in [-0.3, -0.25) is 23.0 Å². The number of nitrogens with two attached hydrogens (primary N) is 4. The van der Waals surface area contributed by atoms with Crippen LogP contribution in [-0.2, 0) is 44.5 Å². The maximum absolute atomic E-state index is 12.6. The summed E-state index contributed by atoms with van der Waals surface area (Å²) in [5.74, 6) is -0.845. The van der Waals surface area contributed by atoms with Gasteiger partial charge in [0.1, 0.15) is 67.1 Å². The van der Waals surface area contributed by atoms with E-state index in [9.17, 15) is 45.6 Å². The van der Waals surface area contributed by atoms with E-state index in [4.69, 9.17) is 76.9 Å². The first-order chi connectivity index (χ1) is 22.9. The lowest BCUT2D eigenvalue weighted by Crippen LogP contribution is -2.69. The molecule has 3 rings (SSSR count). The number of hydrogen-bond acceptors (Lipinski definition) is 21. The molecule has 0 radical (unpaired) electrons. The van der Waals surface area contributed by atoms with Gasteiger partial charge in [-0.15, -0.1) is 0 Å². The predicted molar refractivity (Wildman–Crippen MR) is 160 cm³/mol. The summed E-state index contributed by atoms with van der Waals surface area (Å²) in [5.41, 5.74) is 23.1. The van der Waals surface area contributed by atoms with Gasteiger partial charge in [0.05, 0.1) is 18.7 Å². The zero-order chi connectivity index (χ0) is 38.9. The number of rotatable bonds is 10. The Bertz CT molecular complexity index is 1200. The van der Waals surface area contributed by atoms with Crippen molar-refractivity contribution in [3.63, 3.8) is 0 Å². The van der Waals surface area contributed by atoms with Crippen LogP contribution >= 0.6 is 0 Å². The van der Waals surface area contributed by atoms with Crippen LogP contribution < -0.4 is 28.3 Å². The van der Waals surface area contributed by atoms with E-state index in [2.05, 4.69) is 5.32 Å². The van der Waals surface area contributed by atoms with Crippen LogP contribution in [0.1, 0.15) is 12.8 Å². The molecule has 0 spiro atoms. The molecule has 1 amide bonds. The molecule has 1 aliphatic carbocycles. The molecule has 3 aliphatic rings. The predicted octanol–water partition coefficient (Wildman–Crippen LogP) is -9.73. The molecule has 0 aromatic carbocycles. The Balaban J connectivity index is 0.00000109. The molecule has 0 aromatic heterocycles. The van der Waals surface area contributed by atoms with Gasteiger partial charge in [-0.25, -0.2) is 0 Å². The molecule has 0 bridgehead atoms. The normalized spacial score (nSPS) is 40.0. The van der Waals surface area contributed by atoms with Crippen molar-refractivity contribution in [3.05, 3.63) is 0 Å². The molecule has 298 valence electrons. The summed E-state index contributed by atoms with van der Waals surface area (Å²) in [6.07, 6.45) is -19.8. The average molecular weight is 782 g/mol. The minimum Gasteiger partial charge on any atom is -0.394 e. The van der Waals surface area contributed by atoms with Gasteiger partial charge in [0.25, 0.3) is 0 Å². The second-order valence-corrected chi connectivity index (χ2v) is 13.0. The molecule has 1 saturated carbocycles. The molecule has 0 aromatic rings. The third-order valence-electron chi connectivity index (χ3n) is 7.51. The van der Waals surface area contributed by atoms with E-state index in [0.29, 0.717) is 0 Å². The second-order valence-electron chi connectivity index (χ2n) is 11.2. The van der Waals surface area contributed by atoms with E-state index in [1.807, 2.05) is 0 Å². The van der Waals surface area contributed by atoms with Crippen LogP contribution in [0.2, 0.25) is 0 Å². The maximum atomic E-state index is 12.6. The van der Waals surface area contributed by atoms with Gasteiger partial charge in [-0.05, 0) is 19.4 Å². The summed E-state index contributed by atoms with van der Waals surface area (Å²) in [5, 5.41) is 84.9. The van der Waals surface area contributed by atoms with Crippen molar-refractivity contribution in [2.45, 2.75) is 111 Å². The highest BCUT2D eigenvalue weighted by Crippen LogP contribution is 2.32. The Labute approximate surface area is 285 Å². The van der Waals surface area contributed by atoms with Crippen LogP contribution in [0.25, 0.3) is 0 Å². The van der Waals surface area contributed by atoms with Gasteiger partial charge in [-0.1, -0.05) is 0 Å². The molecule has 2 saturated heterocycles. The fourth-order valence-corrected chi connectivity index (χ4v) is 5.07. The van der Waals surface area contributed by atoms with Crippen molar-refractivity contribution >= 4 is 26.7 Å². The van der Waals surface area contributed by atoms with Crippen LogP contribution in [-0.4, -0.2) is 199 Å². The van der Waals surface area contributed by atoms with Gasteiger partial charge in [0.2, 0.25) is 5.91 Å². The largest absolute Gasteiger partial charge is 0.394 e. The second kappa shape index (κ2) is 20.1. The highest BCUT2D eigenvalue weighted by atomic mass is 32.3. The van der Waals surface area contributed by atoms with E-state index >= 15 is 0 Å². The minimum absolute atomic E-state index is 0.0101. The summed E-state index contributed by atoms with van der Waals surface area (Å²) in [4.78, 5) is 12.6. The quantitative estimate of drug-likeness (QED) is 0.0915. The molecule has 16 atom stereocenters. The molecule has 28 heteroatoms. The lowest BCUT2D eigenvalue weighted by Gasteiger charge is -2.49. The molecule has 2 aliphatic heterocycles. The first-order valence-corrected chi connectivity index (χ1v) is 17.3. The first-order valence-electron chi connectivity index (χ1n) is 14.5. The van der Waals surface area contributed by atoms with Crippen LogP contribution in [0.15, 0.2) is 0 Å². The van der Waals surface area contributed by atoms with Gasteiger partial charge >= 0.3 is 20.8 Å². The molecule has 50 heavy (non-hydrogen) atoms. The summed E-state index contributed by atoms with van der Waals surface area (Å²) >= 11 is 0. The molecule has 21 N–H and O–H groups in total. The number of carbonyl (C=O) groups is 1. The number of nitrogens with one attached hydrogen (secondary N) is 1. The number of aliphatic hydroxyl groups is 8. The number of amides is 1. The number of hydrogen-bond donors (Lipinski definition) is 17.